The number of hydrogen-bond donors (Lipinski definition) is 2. The topological polar surface area (TPSA) is 71.8 Å². The van der Waals surface area contributed by atoms with E-state index in [1.54, 1.807) is 4.68 Å². The van der Waals surface area contributed by atoms with Crippen molar-refractivity contribution in [1.29, 1.82) is 0 Å². The average Bonchev–Trinajstić information content (AvgIpc) is 3.08. The van der Waals surface area contributed by atoms with E-state index >= 15 is 0 Å². The lowest BCUT2D eigenvalue weighted by atomic mass is 9.94. The molecule has 1 amide bonds. The summed E-state index contributed by atoms with van der Waals surface area (Å²) >= 11 is 0. The van der Waals surface area contributed by atoms with E-state index in [1.165, 1.54) is 0 Å². The molecule has 1 aliphatic carbocycles. The molecule has 2 N–H and O–H groups in total. The van der Waals surface area contributed by atoms with Gasteiger partial charge in [0, 0.05) is 18.5 Å². The molecule has 2 aromatic heterocycles. The summed E-state index contributed by atoms with van der Waals surface area (Å²) in [4.78, 5) is 17.3. The van der Waals surface area contributed by atoms with Crippen LogP contribution in [0.1, 0.15) is 41.0 Å². The van der Waals surface area contributed by atoms with E-state index in [1.807, 2.05) is 27.0 Å². The highest BCUT2D eigenvalue weighted by atomic mass is 16.1. The second kappa shape index (κ2) is 5.03. The van der Waals surface area contributed by atoms with Crippen molar-refractivity contribution in [1.82, 2.24) is 25.4 Å². The summed E-state index contributed by atoms with van der Waals surface area (Å²) in [7, 11) is 1.88. The predicted octanol–water partition coefficient (Wildman–Crippen LogP) is 1.46. The minimum atomic E-state index is 0.000519. The second-order valence-corrected chi connectivity index (χ2v) is 7.04. The number of aromatic nitrogens is 3. The smallest absolute Gasteiger partial charge is 0.253 e. The molecule has 2 aromatic rings. The minimum Gasteiger partial charge on any atom is -0.349 e. The molecule has 1 aliphatic heterocycles. The highest BCUT2D eigenvalue weighted by Crippen LogP contribution is 2.52. The van der Waals surface area contributed by atoms with Gasteiger partial charge in [0.2, 0.25) is 0 Å². The monoisotopic (exact) mass is 313 g/mol. The minimum absolute atomic E-state index is 0.000519. The molecule has 4 rings (SSSR count). The van der Waals surface area contributed by atoms with Crippen LogP contribution in [0.15, 0.2) is 6.07 Å². The molecule has 0 bridgehead atoms. The van der Waals surface area contributed by atoms with Crippen LogP contribution in [-0.4, -0.2) is 39.8 Å². The first-order valence-corrected chi connectivity index (χ1v) is 8.33. The molecule has 2 fully saturated rings. The number of carbonyl (C=O) groups excluding carboxylic acids is 1. The van der Waals surface area contributed by atoms with Gasteiger partial charge in [-0.15, -0.1) is 0 Å². The molecular formula is C17H23N5O. The third-order valence-electron chi connectivity index (χ3n) is 5.53. The standard InChI is InChI=1S/C17H23N5O/c1-10-13(8-12-11(2)21-22(3)15(12)19-10)16(23)20-14-9-17(14)4-6-18-7-5-17/h8,14,18H,4-7,9H2,1-3H3,(H,20,23). The molecule has 3 heterocycles. The van der Waals surface area contributed by atoms with Crippen LogP contribution in [0.5, 0.6) is 0 Å². The maximum absolute atomic E-state index is 12.7. The van der Waals surface area contributed by atoms with Gasteiger partial charge in [0.05, 0.1) is 17.0 Å². The van der Waals surface area contributed by atoms with Gasteiger partial charge < -0.3 is 10.6 Å². The number of hydrogen-bond acceptors (Lipinski definition) is 4. The number of carbonyl (C=O) groups is 1. The van der Waals surface area contributed by atoms with Crippen LogP contribution in [0, 0.1) is 19.3 Å². The fourth-order valence-corrected chi connectivity index (χ4v) is 3.93. The lowest BCUT2D eigenvalue weighted by Crippen LogP contribution is -2.36. The van der Waals surface area contributed by atoms with Crippen LogP contribution in [0.25, 0.3) is 11.0 Å². The van der Waals surface area contributed by atoms with Crippen molar-refractivity contribution in [3.8, 4) is 0 Å². The van der Waals surface area contributed by atoms with E-state index < -0.39 is 0 Å². The van der Waals surface area contributed by atoms with E-state index in [-0.39, 0.29) is 5.91 Å². The molecule has 1 spiro atoms. The summed E-state index contributed by atoms with van der Waals surface area (Å²) in [6.07, 6.45) is 3.44. The van der Waals surface area contributed by atoms with Crippen LogP contribution < -0.4 is 10.6 Å². The quantitative estimate of drug-likeness (QED) is 0.880. The number of rotatable bonds is 2. The number of nitrogens with zero attached hydrogens (tertiary/aromatic N) is 3. The third kappa shape index (κ3) is 2.32. The van der Waals surface area contributed by atoms with E-state index in [2.05, 4.69) is 20.7 Å². The number of pyridine rings is 1. The molecule has 0 aromatic carbocycles. The lowest BCUT2D eigenvalue weighted by Gasteiger charge is -2.23. The molecule has 1 saturated heterocycles. The molecular weight excluding hydrogens is 290 g/mol. The Hall–Kier alpha value is -1.95. The van der Waals surface area contributed by atoms with Crippen LogP contribution in [0.2, 0.25) is 0 Å². The maximum atomic E-state index is 12.7. The Bertz CT molecular complexity index is 788. The van der Waals surface area contributed by atoms with Crippen LogP contribution >= 0.6 is 0 Å². The highest BCUT2D eigenvalue weighted by molar-refractivity contribution is 5.99. The van der Waals surface area contributed by atoms with Crippen LogP contribution in [-0.2, 0) is 7.05 Å². The number of piperidine rings is 1. The zero-order valence-electron chi connectivity index (χ0n) is 13.9. The summed E-state index contributed by atoms with van der Waals surface area (Å²) in [5.74, 6) is 0.000519. The van der Waals surface area contributed by atoms with Gasteiger partial charge in [-0.25, -0.2) is 4.98 Å². The second-order valence-electron chi connectivity index (χ2n) is 7.04. The summed E-state index contributed by atoms with van der Waals surface area (Å²) in [5.41, 5.74) is 3.52. The predicted molar refractivity (Wildman–Crippen MR) is 88.4 cm³/mol. The van der Waals surface area contributed by atoms with Gasteiger partial charge in [0.15, 0.2) is 5.65 Å². The average molecular weight is 313 g/mol. The Morgan fingerprint density at radius 1 is 1.35 bits per heavy atom. The normalized spacial score (nSPS) is 22.5. The Balaban J connectivity index is 1.58. The summed E-state index contributed by atoms with van der Waals surface area (Å²) in [6, 6.07) is 2.26. The van der Waals surface area contributed by atoms with Gasteiger partial charge in [0.1, 0.15) is 0 Å². The molecule has 6 heteroatoms. The van der Waals surface area contributed by atoms with Crippen molar-refractivity contribution >= 4 is 16.9 Å². The Morgan fingerprint density at radius 3 is 2.83 bits per heavy atom. The first-order chi connectivity index (χ1) is 11.0. The molecule has 1 saturated carbocycles. The largest absolute Gasteiger partial charge is 0.349 e. The van der Waals surface area contributed by atoms with Gasteiger partial charge >= 0.3 is 0 Å². The molecule has 122 valence electrons. The SMILES string of the molecule is Cc1nc2c(cc1C(=O)NC1CC13CCNCC3)c(C)nn2C. The highest BCUT2D eigenvalue weighted by Gasteiger charge is 2.54. The number of nitrogens with one attached hydrogen (secondary N) is 2. The van der Waals surface area contributed by atoms with Gasteiger partial charge in [-0.2, -0.15) is 5.10 Å². The Morgan fingerprint density at radius 2 is 2.09 bits per heavy atom. The number of aryl methyl sites for hydroxylation is 3. The number of fused-ring (bicyclic) bond motifs is 1. The van der Waals surface area contributed by atoms with Crippen LogP contribution in [0.4, 0.5) is 0 Å². The van der Waals surface area contributed by atoms with E-state index in [0.29, 0.717) is 17.0 Å². The Labute approximate surface area is 135 Å². The van der Waals surface area contributed by atoms with Crippen molar-refractivity contribution in [2.45, 2.75) is 39.2 Å². The van der Waals surface area contributed by atoms with Gasteiger partial charge in [-0.3, -0.25) is 9.48 Å². The van der Waals surface area contributed by atoms with Crippen molar-refractivity contribution in [2.75, 3.05) is 13.1 Å². The third-order valence-corrected chi connectivity index (χ3v) is 5.53. The molecule has 1 atom stereocenters. The van der Waals surface area contributed by atoms with Crippen molar-refractivity contribution in [3.63, 3.8) is 0 Å². The first-order valence-electron chi connectivity index (χ1n) is 8.33. The van der Waals surface area contributed by atoms with Gasteiger partial charge in [-0.05, 0) is 57.7 Å². The molecule has 23 heavy (non-hydrogen) atoms. The zero-order valence-corrected chi connectivity index (χ0v) is 13.9. The van der Waals surface area contributed by atoms with Gasteiger partial charge in [0.25, 0.3) is 5.91 Å². The molecule has 2 aliphatic rings. The molecule has 6 nitrogen and oxygen atoms in total. The van der Waals surface area contributed by atoms with E-state index in [4.69, 9.17) is 0 Å². The maximum Gasteiger partial charge on any atom is 0.253 e. The summed E-state index contributed by atoms with van der Waals surface area (Å²) in [5, 5.41) is 12.0. The van der Waals surface area contributed by atoms with E-state index in [0.717, 1.165) is 54.8 Å². The summed E-state index contributed by atoms with van der Waals surface area (Å²) in [6.45, 7) is 5.97. The van der Waals surface area contributed by atoms with E-state index in [9.17, 15) is 4.79 Å². The number of amides is 1. The first kappa shape index (κ1) is 14.6. The summed E-state index contributed by atoms with van der Waals surface area (Å²) < 4.78 is 1.77. The van der Waals surface area contributed by atoms with Crippen molar-refractivity contribution in [3.05, 3.63) is 23.0 Å². The Kier molecular flexibility index (Phi) is 3.20. The molecule has 0 radical (unpaired) electrons. The van der Waals surface area contributed by atoms with Crippen molar-refractivity contribution < 1.29 is 4.79 Å². The fourth-order valence-electron chi connectivity index (χ4n) is 3.93. The van der Waals surface area contributed by atoms with Crippen LogP contribution in [0.3, 0.4) is 0 Å². The van der Waals surface area contributed by atoms with Crippen molar-refractivity contribution in [2.24, 2.45) is 12.5 Å². The van der Waals surface area contributed by atoms with Gasteiger partial charge in [-0.1, -0.05) is 0 Å². The lowest BCUT2D eigenvalue weighted by molar-refractivity contribution is 0.0941. The zero-order chi connectivity index (χ0) is 16.2. The fraction of sp³-hybridized carbons (Fsp3) is 0.588. The molecule has 1 unspecified atom stereocenters.